The number of nitrogens with zero attached hydrogens (tertiary/aromatic N) is 5. The van der Waals surface area contributed by atoms with Gasteiger partial charge in [0, 0.05) is 72.0 Å². The van der Waals surface area contributed by atoms with Crippen molar-refractivity contribution in [1.29, 1.82) is 0 Å². The maximum atomic E-state index is 13.2. The second kappa shape index (κ2) is 11.8. The third kappa shape index (κ3) is 6.28. The largest absolute Gasteiger partial charge is 0.416 e. The fourth-order valence-corrected chi connectivity index (χ4v) is 7.60. The molecule has 1 N–H and O–H groups in total. The van der Waals surface area contributed by atoms with Crippen LogP contribution in [0.3, 0.4) is 0 Å². The van der Waals surface area contributed by atoms with E-state index in [4.69, 9.17) is 16.7 Å². The smallest absolute Gasteiger partial charge is 0.390 e. The molecule has 4 heterocycles. The lowest BCUT2D eigenvalue weighted by atomic mass is 9.89. The van der Waals surface area contributed by atoms with Crippen molar-refractivity contribution in [2.45, 2.75) is 50.6 Å². The highest BCUT2D eigenvalue weighted by Gasteiger charge is 2.33. The molecule has 0 aliphatic carbocycles. The van der Waals surface area contributed by atoms with E-state index in [0.717, 1.165) is 55.5 Å². The molecule has 0 radical (unpaired) electrons. The number of piperidine rings is 1. The highest BCUT2D eigenvalue weighted by molar-refractivity contribution is 7.88. The quantitative estimate of drug-likeness (QED) is 0.295. The normalized spacial score (nSPS) is 18.2. The van der Waals surface area contributed by atoms with Gasteiger partial charge in [0.05, 0.1) is 30.2 Å². The Morgan fingerprint density at radius 2 is 1.77 bits per heavy atom. The molecule has 4 aromatic rings. The van der Waals surface area contributed by atoms with Crippen molar-refractivity contribution in [2.24, 2.45) is 7.05 Å². The Bertz CT molecular complexity index is 1780. The molecule has 236 valence electrons. The number of rotatable bonds is 7. The second-order valence-electron chi connectivity index (χ2n) is 12.0. The van der Waals surface area contributed by atoms with Crippen LogP contribution in [0, 0.1) is 0 Å². The molecule has 1 fully saturated rings. The number of β-amino-alcohol motifs (C(OH)–C–C–N with tert-alkyl or cyclic N) is 1. The summed E-state index contributed by atoms with van der Waals surface area (Å²) in [6, 6.07) is 10.7. The van der Waals surface area contributed by atoms with E-state index in [1.165, 1.54) is 27.4 Å². The number of fused-ring (bicyclic) bond motifs is 2. The predicted molar refractivity (Wildman–Crippen MR) is 164 cm³/mol. The van der Waals surface area contributed by atoms with E-state index < -0.39 is 27.9 Å². The van der Waals surface area contributed by atoms with Crippen LogP contribution in [0.25, 0.3) is 22.2 Å². The minimum atomic E-state index is -4.47. The lowest BCUT2D eigenvalue weighted by molar-refractivity contribution is -0.137. The zero-order valence-corrected chi connectivity index (χ0v) is 26.1. The van der Waals surface area contributed by atoms with Gasteiger partial charge >= 0.3 is 6.18 Å². The number of sulfonamides is 1. The highest BCUT2D eigenvalue weighted by atomic mass is 35.5. The van der Waals surface area contributed by atoms with Crippen LogP contribution in [-0.2, 0) is 42.8 Å². The molecule has 2 aliphatic heterocycles. The second-order valence-corrected chi connectivity index (χ2v) is 14.4. The van der Waals surface area contributed by atoms with Gasteiger partial charge in [0.25, 0.3) is 0 Å². The maximum Gasteiger partial charge on any atom is 0.416 e. The Kier molecular flexibility index (Phi) is 8.33. The molecule has 0 spiro atoms. The predicted octanol–water partition coefficient (Wildman–Crippen LogP) is 5.27. The molecule has 13 heteroatoms. The van der Waals surface area contributed by atoms with E-state index in [-0.39, 0.29) is 19.6 Å². The average Bonchev–Trinajstić information content (AvgIpc) is 3.49. The van der Waals surface area contributed by atoms with Crippen LogP contribution in [0.2, 0.25) is 5.02 Å². The van der Waals surface area contributed by atoms with Gasteiger partial charge in [-0.05, 0) is 61.7 Å². The number of halogens is 4. The van der Waals surface area contributed by atoms with Gasteiger partial charge in [0.1, 0.15) is 0 Å². The molecule has 2 aromatic carbocycles. The summed E-state index contributed by atoms with van der Waals surface area (Å²) in [5, 5.41) is 17.8. The SMILES string of the molecule is Cn1cc(C2CCN(CC(O)Cn3nc(-c4ccc(C(F)(F)F)cc4)c4c3CCN(S(C)(=O)=O)C4)CC2)c2ccc(Cl)cc21. The van der Waals surface area contributed by atoms with Crippen molar-refractivity contribution in [3.8, 4) is 11.3 Å². The van der Waals surface area contributed by atoms with Gasteiger partial charge in [-0.2, -0.15) is 22.6 Å². The molecule has 2 aliphatic rings. The number of aliphatic hydroxyl groups excluding tert-OH is 1. The molecule has 1 atom stereocenters. The summed E-state index contributed by atoms with van der Waals surface area (Å²) in [5.41, 5.74) is 4.03. The molecule has 2 aromatic heterocycles. The molecule has 0 bridgehead atoms. The van der Waals surface area contributed by atoms with Gasteiger partial charge in [-0.3, -0.25) is 4.68 Å². The van der Waals surface area contributed by atoms with Gasteiger partial charge in [-0.1, -0.05) is 29.8 Å². The first-order chi connectivity index (χ1) is 20.8. The first kappa shape index (κ1) is 31.1. The number of aryl methyl sites for hydroxylation is 1. The number of hydrogen-bond acceptors (Lipinski definition) is 5. The van der Waals surface area contributed by atoms with E-state index in [1.807, 2.05) is 19.2 Å². The van der Waals surface area contributed by atoms with Crippen LogP contribution in [-0.4, -0.2) is 75.6 Å². The van der Waals surface area contributed by atoms with Gasteiger partial charge in [0.2, 0.25) is 10.0 Å². The third-order valence-corrected chi connectivity index (χ3v) is 10.4. The molecule has 1 unspecified atom stereocenters. The minimum Gasteiger partial charge on any atom is -0.390 e. The number of likely N-dealkylation sites (tertiary alicyclic amines) is 1. The van der Waals surface area contributed by atoms with E-state index in [2.05, 4.69) is 21.7 Å². The van der Waals surface area contributed by atoms with E-state index >= 15 is 0 Å². The molecular formula is C31H35ClF3N5O3S. The molecule has 0 saturated carbocycles. The molecule has 44 heavy (non-hydrogen) atoms. The van der Waals surface area contributed by atoms with Crippen molar-refractivity contribution in [1.82, 2.24) is 23.6 Å². The Morgan fingerprint density at radius 3 is 2.43 bits per heavy atom. The minimum absolute atomic E-state index is 0.0779. The van der Waals surface area contributed by atoms with E-state index in [1.54, 1.807) is 4.68 Å². The van der Waals surface area contributed by atoms with E-state index in [0.29, 0.717) is 40.7 Å². The topological polar surface area (TPSA) is 83.6 Å². The molecular weight excluding hydrogens is 615 g/mol. The summed E-state index contributed by atoms with van der Waals surface area (Å²) in [5.74, 6) is 0.412. The van der Waals surface area contributed by atoms with Gasteiger partial charge in [0.15, 0.2) is 0 Å². The van der Waals surface area contributed by atoms with Crippen LogP contribution >= 0.6 is 11.6 Å². The summed E-state index contributed by atoms with van der Waals surface area (Å²) in [4.78, 5) is 2.25. The lowest BCUT2D eigenvalue weighted by Gasteiger charge is -2.33. The van der Waals surface area contributed by atoms with Crippen molar-refractivity contribution in [3.05, 3.63) is 76.1 Å². The fourth-order valence-electron chi connectivity index (χ4n) is 6.64. The number of aromatic nitrogens is 3. The fraction of sp³-hybridized carbons (Fsp3) is 0.452. The van der Waals surface area contributed by atoms with Gasteiger partial charge < -0.3 is 14.6 Å². The zero-order valence-electron chi connectivity index (χ0n) is 24.6. The highest BCUT2D eigenvalue weighted by Crippen LogP contribution is 2.36. The van der Waals surface area contributed by atoms with Crippen molar-refractivity contribution in [3.63, 3.8) is 0 Å². The molecule has 0 amide bonds. The Labute approximate surface area is 259 Å². The van der Waals surface area contributed by atoms with Gasteiger partial charge in [-0.25, -0.2) is 8.42 Å². The van der Waals surface area contributed by atoms with Crippen molar-refractivity contribution < 1.29 is 26.7 Å². The first-order valence-corrected chi connectivity index (χ1v) is 16.9. The lowest BCUT2D eigenvalue weighted by Crippen LogP contribution is -2.40. The Hall–Kier alpha value is -2.90. The van der Waals surface area contributed by atoms with E-state index in [9.17, 15) is 26.7 Å². The maximum absolute atomic E-state index is 13.2. The number of hydrogen-bond donors (Lipinski definition) is 1. The van der Waals surface area contributed by atoms with Crippen LogP contribution in [0.1, 0.15) is 41.1 Å². The van der Waals surface area contributed by atoms with Crippen LogP contribution < -0.4 is 0 Å². The first-order valence-electron chi connectivity index (χ1n) is 14.6. The summed E-state index contributed by atoms with van der Waals surface area (Å²) in [7, 11) is -1.45. The number of benzene rings is 2. The zero-order chi connectivity index (χ0) is 31.4. The van der Waals surface area contributed by atoms with Crippen molar-refractivity contribution >= 4 is 32.5 Å². The monoisotopic (exact) mass is 649 g/mol. The molecule has 1 saturated heterocycles. The molecule has 6 rings (SSSR count). The number of aliphatic hydroxyl groups is 1. The van der Waals surface area contributed by atoms with Crippen LogP contribution in [0.5, 0.6) is 0 Å². The summed E-state index contributed by atoms with van der Waals surface area (Å²) < 4.78 is 69.3. The van der Waals surface area contributed by atoms with Crippen LogP contribution in [0.4, 0.5) is 13.2 Å². The van der Waals surface area contributed by atoms with Crippen LogP contribution in [0.15, 0.2) is 48.7 Å². The standard InChI is InChI=1S/C31H35ClF3N5O3S/c1-37-18-26(25-8-7-23(32)15-29(25)37)20-9-12-38(13-10-20)16-24(41)17-40-28-11-14-39(44(2,42)43)19-27(28)30(36-40)21-3-5-22(6-4-21)31(33,34)35/h3-8,15,18,20,24,41H,9-14,16-17,19H2,1-2H3. The average molecular weight is 650 g/mol. The molecule has 8 nitrogen and oxygen atoms in total. The summed E-state index contributed by atoms with van der Waals surface area (Å²) in [6.07, 6.45) is 0.454. The Balaban J connectivity index is 1.16. The Morgan fingerprint density at radius 1 is 1.07 bits per heavy atom. The van der Waals surface area contributed by atoms with Gasteiger partial charge in [-0.15, -0.1) is 0 Å². The third-order valence-electron chi connectivity index (χ3n) is 8.92. The van der Waals surface area contributed by atoms with Crippen molar-refractivity contribution in [2.75, 3.05) is 32.4 Å². The number of alkyl halides is 3. The summed E-state index contributed by atoms with van der Waals surface area (Å²) >= 11 is 6.21. The summed E-state index contributed by atoms with van der Waals surface area (Å²) in [6.45, 7) is 2.68.